The van der Waals surface area contributed by atoms with Crippen LogP contribution in [0.25, 0.3) is 0 Å². The zero-order chi connectivity index (χ0) is 18.2. The van der Waals surface area contributed by atoms with Gasteiger partial charge >= 0.3 is 0 Å². The van der Waals surface area contributed by atoms with Crippen LogP contribution in [0.2, 0.25) is 0 Å². The average molecular weight is 345 g/mol. The SMILES string of the molecule is Cc1cc(C)c(NC(=O)CNC(=O)CN2CCCCCCC2)c(C)c1. The Morgan fingerprint density at radius 1 is 0.920 bits per heavy atom. The minimum absolute atomic E-state index is 0.0133. The first-order valence-corrected chi connectivity index (χ1v) is 9.32. The molecule has 5 nitrogen and oxygen atoms in total. The van der Waals surface area contributed by atoms with Gasteiger partial charge in [0, 0.05) is 5.69 Å². The van der Waals surface area contributed by atoms with E-state index in [4.69, 9.17) is 0 Å². The number of hydrogen-bond donors (Lipinski definition) is 2. The van der Waals surface area contributed by atoms with Crippen molar-refractivity contribution < 1.29 is 9.59 Å². The second-order valence-electron chi connectivity index (χ2n) is 7.14. The van der Waals surface area contributed by atoms with Crippen LogP contribution in [0.5, 0.6) is 0 Å². The van der Waals surface area contributed by atoms with E-state index < -0.39 is 0 Å². The third-order valence-corrected chi connectivity index (χ3v) is 4.70. The van der Waals surface area contributed by atoms with Gasteiger partial charge in [-0.3, -0.25) is 14.5 Å². The van der Waals surface area contributed by atoms with Gasteiger partial charge in [0.25, 0.3) is 0 Å². The fraction of sp³-hybridized carbons (Fsp3) is 0.600. The van der Waals surface area contributed by atoms with Crippen molar-refractivity contribution in [3.63, 3.8) is 0 Å². The Labute approximate surface area is 151 Å². The molecule has 0 radical (unpaired) electrons. The van der Waals surface area contributed by atoms with Gasteiger partial charge in [-0.25, -0.2) is 0 Å². The fourth-order valence-electron chi connectivity index (χ4n) is 3.47. The molecule has 0 atom stereocenters. The minimum atomic E-state index is -0.184. The molecule has 0 aliphatic carbocycles. The number of anilines is 1. The number of carbonyl (C=O) groups excluding carboxylic acids is 2. The van der Waals surface area contributed by atoms with E-state index in [1.807, 2.05) is 32.9 Å². The second kappa shape index (κ2) is 9.56. The summed E-state index contributed by atoms with van der Waals surface area (Å²) in [6.45, 7) is 8.35. The molecule has 1 aromatic rings. The predicted octanol–water partition coefficient (Wildman–Crippen LogP) is 2.93. The molecule has 2 amide bonds. The molecule has 5 heteroatoms. The highest BCUT2D eigenvalue weighted by molar-refractivity contribution is 5.96. The van der Waals surface area contributed by atoms with Crippen molar-refractivity contribution in [2.75, 3.05) is 31.5 Å². The second-order valence-corrected chi connectivity index (χ2v) is 7.14. The highest BCUT2D eigenvalue weighted by Crippen LogP contribution is 2.21. The van der Waals surface area contributed by atoms with Gasteiger partial charge in [-0.05, 0) is 57.8 Å². The van der Waals surface area contributed by atoms with Crippen LogP contribution in [0.3, 0.4) is 0 Å². The Morgan fingerprint density at radius 3 is 2.08 bits per heavy atom. The van der Waals surface area contributed by atoms with Gasteiger partial charge in [0.15, 0.2) is 0 Å². The van der Waals surface area contributed by atoms with Crippen LogP contribution in [0.4, 0.5) is 5.69 Å². The summed E-state index contributed by atoms with van der Waals surface area (Å²) in [5.41, 5.74) is 4.10. The first-order chi connectivity index (χ1) is 12.0. The van der Waals surface area contributed by atoms with Crippen LogP contribution >= 0.6 is 0 Å². The van der Waals surface area contributed by atoms with Crippen molar-refractivity contribution in [3.8, 4) is 0 Å². The molecule has 1 aliphatic rings. The fourth-order valence-corrected chi connectivity index (χ4v) is 3.47. The van der Waals surface area contributed by atoms with Gasteiger partial charge in [-0.1, -0.05) is 37.0 Å². The van der Waals surface area contributed by atoms with Crippen molar-refractivity contribution >= 4 is 17.5 Å². The van der Waals surface area contributed by atoms with Gasteiger partial charge in [0.05, 0.1) is 13.1 Å². The quantitative estimate of drug-likeness (QED) is 0.862. The third-order valence-electron chi connectivity index (χ3n) is 4.70. The van der Waals surface area contributed by atoms with Crippen LogP contribution in [0.1, 0.15) is 48.8 Å². The van der Waals surface area contributed by atoms with Crippen LogP contribution in [0, 0.1) is 20.8 Å². The average Bonchev–Trinajstić information content (AvgIpc) is 2.51. The summed E-state index contributed by atoms with van der Waals surface area (Å²) >= 11 is 0. The number of hydrogen-bond acceptors (Lipinski definition) is 3. The van der Waals surface area contributed by atoms with E-state index in [1.165, 1.54) is 24.8 Å². The van der Waals surface area contributed by atoms with Crippen molar-refractivity contribution in [2.24, 2.45) is 0 Å². The summed E-state index contributed by atoms with van der Waals surface area (Å²) in [7, 11) is 0. The highest BCUT2D eigenvalue weighted by Gasteiger charge is 2.14. The molecule has 1 aliphatic heterocycles. The molecule has 0 aromatic heterocycles. The molecule has 138 valence electrons. The van der Waals surface area contributed by atoms with Crippen molar-refractivity contribution in [3.05, 3.63) is 28.8 Å². The van der Waals surface area contributed by atoms with E-state index in [0.29, 0.717) is 6.54 Å². The van der Waals surface area contributed by atoms with Crippen molar-refractivity contribution in [1.29, 1.82) is 0 Å². The number of rotatable bonds is 5. The van der Waals surface area contributed by atoms with E-state index in [2.05, 4.69) is 15.5 Å². The molecule has 2 N–H and O–H groups in total. The van der Waals surface area contributed by atoms with Gasteiger partial charge in [0.1, 0.15) is 0 Å². The smallest absolute Gasteiger partial charge is 0.243 e. The number of nitrogens with one attached hydrogen (secondary N) is 2. The number of nitrogens with zero attached hydrogens (tertiary/aromatic N) is 1. The molecular formula is C20H31N3O2. The van der Waals surface area contributed by atoms with Crippen LogP contribution in [-0.4, -0.2) is 42.9 Å². The molecule has 1 heterocycles. The largest absolute Gasteiger partial charge is 0.346 e. The number of amides is 2. The molecule has 25 heavy (non-hydrogen) atoms. The molecule has 0 unspecified atom stereocenters. The number of likely N-dealkylation sites (tertiary alicyclic amines) is 1. The van der Waals surface area contributed by atoms with Crippen LogP contribution < -0.4 is 10.6 Å². The first kappa shape index (κ1) is 19.4. The third kappa shape index (κ3) is 6.50. The number of benzene rings is 1. The lowest BCUT2D eigenvalue weighted by Gasteiger charge is -2.23. The standard InChI is InChI=1S/C20H31N3O2/c1-15-11-16(2)20(17(3)12-15)22-18(24)13-21-19(25)14-23-9-7-5-4-6-8-10-23/h11-12H,4-10,13-14H2,1-3H3,(H,21,25)(H,22,24). The Kier molecular flexibility index (Phi) is 7.44. The monoisotopic (exact) mass is 345 g/mol. The summed E-state index contributed by atoms with van der Waals surface area (Å²) in [5, 5.41) is 5.66. The van der Waals surface area contributed by atoms with Crippen LogP contribution in [-0.2, 0) is 9.59 Å². The molecule has 0 saturated carbocycles. The molecular weight excluding hydrogens is 314 g/mol. The first-order valence-electron chi connectivity index (χ1n) is 9.32. The molecule has 0 bridgehead atoms. The maximum atomic E-state index is 12.2. The summed E-state index contributed by atoms with van der Waals surface area (Å²) < 4.78 is 0. The Bertz CT molecular complexity index is 582. The summed E-state index contributed by atoms with van der Waals surface area (Å²) in [5.74, 6) is -0.260. The zero-order valence-corrected chi connectivity index (χ0v) is 15.8. The minimum Gasteiger partial charge on any atom is -0.346 e. The van der Waals surface area contributed by atoms with Gasteiger partial charge in [0.2, 0.25) is 11.8 Å². The number of aryl methyl sites for hydroxylation is 3. The van der Waals surface area contributed by atoms with Gasteiger partial charge in [-0.2, -0.15) is 0 Å². The maximum absolute atomic E-state index is 12.2. The summed E-state index contributed by atoms with van der Waals surface area (Å²) in [6.07, 6.45) is 6.10. The van der Waals surface area contributed by atoms with E-state index in [-0.39, 0.29) is 18.4 Å². The summed E-state index contributed by atoms with van der Waals surface area (Å²) in [4.78, 5) is 26.5. The van der Waals surface area contributed by atoms with Gasteiger partial charge in [-0.15, -0.1) is 0 Å². The van der Waals surface area contributed by atoms with E-state index >= 15 is 0 Å². The molecule has 2 rings (SSSR count). The molecule has 1 fully saturated rings. The summed E-state index contributed by atoms with van der Waals surface area (Å²) in [6, 6.07) is 4.09. The van der Waals surface area contributed by atoms with E-state index in [1.54, 1.807) is 0 Å². The van der Waals surface area contributed by atoms with E-state index in [9.17, 15) is 9.59 Å². The van der Waals surface area contributed by atoms with Crippen molar-refractivity contribution in [2.45, 2.75) is 52.9 Å². The Hall–Kier alpha value is -1.88. The zero-order valence-electron chi connectivity index (χ0n) is 15.8. The Morgan fingerprint density at radius 2 is 1.48 bits per heavy atom. The predicted molar refractivity (Wildman–Crippen MR) is 102 cm³/mol. The Balaban J connectivity index is 1.78. The van der Waals surface area contributed by atoms with Gasteiger partial charge < -0.3 is 10.6 Å². The van der Waals surface area contributed by atoms with E-state index in [0.717, 1.165) is 42.7 Å². The lowest BCUT2D eigenvalue weighted by molar-refractivity contribution is -0.125. The molecule has 1 saturated heterocycles. The normalized spacial score (nSPS) is 16.0. The lowest BCUT2D eigenvalue weighted by atomic mass is 10.1. The number of carbonyl (C=O) groups is 2. The van der Waals surface area contributed by atoms with Crippen LogP contribution in [0.15, 0.2) is 12.1 Å². The topological polar surface area (TPSA) is 61.4 Å². The molecule has 0 spiro atoms. The lowest BCUT2D eigenvalue weighted by Crippen LogP contribution is -2.41. The highest BCUT2D eigenvalue weighted by atomic mass is 16.2. The van der Waals surface area contributed by atoms with Crippen molar-refractivity contribution in [1.82, 2.24) is 10.2 Å². The molecule has 1 aromatic carbocycles. The maximum Gasteiger partial charge on any atom is 0.243 e.